The molecular formula is C12H15BrN2O2. The van der Waals surface area contributed by atoms with Crippen molar-refractivity contribution in [3.63, 3.8) is 0 Å². The molecule has 5 heteroatoms. The van der Waals surface area contributed by atoms with E-state index in [0.29, 0.717) is 6.61 Å². The molecule has 0 saturated carbocycles. The molecule has 4 nitrogen and oxygen atoms in total. The number of pyridine rings is 1. The molecule has 0 aliphatic carbocycles. The Kier molecular flexibility index (Phi) is 4.12. The number of hydrogen-bond acceptors (Lipinski definition) is 3. The average molecular weight is 299 g/mol. The fourth-order valence-electron chi connectivity index (χ4n) is 1.84. The molecule has 0 radical (unpaired) electrons. The summed E-state index contributed by atoms with van der Waals surface area (Å²) < 4.78 is 6.08. The lowest BCUT2D eigenvalue weighted by molar-refractivity contribution is -0.123. The number of amides is 1. The van der Waals surface area contributed by atoms with Crippen LogP contribution in [-0.2, 0) is 9.53 Å². The molecule has 2 rings (SSSR count). The number of ether oxygens (including phenoxy) is 1. The Morgan fingerprint density at radius 1 is 1.59 bits per heavy atom. The molecule has 1 aliphatic heterocycles. The van der Waals surface area contributed by atoms with Crippen LogP contribution in [0, 0.1) is 12.8 Å². The summed E-state index contributed by atoms with van der Waals surface area (Å²) in [4.78, 5) is 16.2. The summed E-state index contributed by atoms with van der Waals surface area (Å²) in [5.41, 5.74) is 1.58. The zero-order chi connectivity index (χ0) is 12.3. The van der Waals surface area contributed by atoms with E-state index >= 15 is 0 Å². The van der Waals surface area contributed by atoms with Gasteiger partial charge in [-0.05, 0) is 47.8 Å². The Bertz CT molecular complexity index is 417. The van der Waals surface area contributed by atoms with Gasteiger partial charge in [0, 0.05) is 6.61 Å². The molecule has 92 valence electrons. The van der Waals surface area contributed by atoms with Gasteiger partial charge in [0.2, 0.25) is 5.91 Å². The number of nitrogens with zero attached hydrogens (tertiary/aromatic N) is 1. The zero-order valence-electron chi connectivity index (χ0n) is 9.70. The van der Waals surface area contributed by atoms with E-state index < -0.39 is 0 Å². The molecule has 1 aromatic rings. The molecule has 1 amide bonds. The van der Waals surface area contributed by atoms with E-state index in [1.165, 1.54) is 0 Å². The van der Waals surface area contributed by atoms with E-state index in [2.05, 4.69) is 26.2 Å². The molecule has 1 fully saturated rings. The Labute approximate surface area is 109 Å². The monoisotopic (exact) mass is 298 g/mol. The Morgan fingerprint density at radius 2 is 2.41 bits per heavy atom. The number of nitrogens with one attached hydrogen (secondary N) is 1. The smallest absolute Gasteiger partial charge is 0.229 e. The van der Waals surface area contributed by atoms with Crippen molar-refractivity contribution in [2.75, 3.05) is 18.5 Å². The topological polar surface area (TPSA) is 51.2 Å². The number of halogens is 1. The zero-order valence-corrected chi connectivity index (χ0v) is 11.3. The number of anilines is 1. The molecular weight excluding hydrogens is 284 g/mol. The molecule has 0 spiro atoms. The molecule has 0 aromatic carbocycles. The first-order chi connectivity index (χ1) is 8.16. The minimum absolute atomic E-state index is 0.0249. The maximum atomic E-state index is 12.0. The van der Waals surface area contributed by atoms with Crippen molar-refractivity contribution >= 4 is 27.5 Å². The summed E-state index contributed by atoms with van der Waals surface area (Å²) in [6, 6.07) is 3.67. The number of hydrogen-bond donors (Lipinski definition) is 1. The first kappa shape index (κ1) is 12.5. The molecule has 17 heavy (non-hydrogen) atoms. The summed E-state index contributed by atoms with van der Waals surface area (Å²) >= 11 is 3.30. The van der Waals surface area contributed by atoms with Crippen LogP contribution in [0.1, 0.15) is 18.5 Å². The number of rotatable bonds is 2. The standard InChI is InChI=1S/C12H15BrN2O2/c1-8-10(4-5-11(13)14-8)15-12(16)9-3-2-6-17-7-9/h4-5,9H,2-3,6-7H2,1H3,(H,15,16). The molecule has 1 aliphatic rings. The quantitative estimate of drug-likeness (QED) is 0.854. The van der Waals surface area contributed by atoms with E-state index in [0.717, 1.165) is 35.4 Å². The third-order valence-electron chi connectivity index (χ3n) is 2.84. The molecule has 2 heterocycles. The van der Waals surface area contributed by atoms with Gasteiger partial charge in [-0.25, -0.2) is 4.98 Å². The van der Waals surface area contributed by atoms with Crippen LogP contribution in [0.25, 0.3) is 0 Å². The van der Waals surface area contributed by atoms with Crippen molar-refractivity contribution in [2.45, 2.75) is 19.8 Å². The van der Waals surface area contributed by atoms with Crippen molar-refractivity contribution in [3.05, 3.63) is 22.4 Å². The van der Waals surface area contributed by atoms with Crippen molar-refractivity contribution in [1.82, 2.24) is 4.98 Å². The van der Waals surface area contributed by atoms with Gasteiger partial charge in [0.1, 0.15) is 4.60 Å². The average Bonchev–Trinajstić information content (AvgIpc) is 2.34. The van der Waals surface area contributed by atoms with Crippen molar-refractivity contribution < 1.29 is 9.53 Å². The number of carbonyl (C=O) groups excluding carboxylic acids is 1. The van der Waals surface area contributed by atoms with Crippen LogP contribution < -0.4 is 5.32 Å². The maximum absolute atomic E-state index is 12.0. The highest BCUT2D eigenvalue weighted by atomic mass is 79.9. The van der Waals surface area contributed by atoms with Crippen molar-refractivity contribution in [2.24, 2.45) is 5.92 Å². The number of aryl methyl sites for hydroxylation is 1. The van der Waals surface area contributed by atoms with Crippen LogP contribution in [0.3, 0.4) is 0 Å². The SMILES string of the molecule is Cc1nc(Br)ccc1NC(=O)C1CCCOC1. The van der Waals surface area contributed by atoms with Gasteiger partial charge in [-0.3, -0.25) is 4.79 Å². The normalized spacial score (nSPS) is 20.0. The fraction of sp³-hybridized carbons (Fsp3) is 0.500. The fourth-order valence-corrected chi connectivity index (χ4v) is 2.24. The Morgan fingerprint density at radius 3 is 3.06 bits per heavy atom. The van der Waals surface area contributed by atoms with E-state index in [9.17, 15) is 4.79 Å². The lowest BCUT2D eigenvalue weighted by Crippen LogP contribution is -2.30. The minimum Gasteiger partial charge on any atom is -0.381 e. The van der Waals surface area contributed by atoms with E-state index in [-0.39, 0.29) is 11.8 Å². The largest absolute Gasteiger partial charge is 0.381 e. The second-order valence-corrected chi connectivity index (χ2v) is 4.98. The second-order valence-electron chi connectivity index (χ2n) is 4.17. The van der Waals surface area contributed by atoms with Gasteiger partial charge in [0.05, 0.1) is 23.9 Å². The van der Waals surface area contributed by atoms with Crippen LogP contribution in [0.5, 0.6) is 0 Å². The van der Waals surface area contributed by atoms with Crippen molar-refractivity contribution in [1.29, 1.82) is 0 Å². The summed E-state index contributed by atoms with van der Waals surface area (Å²) in [5, 5.41) is 2.90. The number of carbonyl (C=O) groups is 1. The van der Waals surface area contributed by atoms with Crippen molar-refractivity contribution in [3.8, 4) is 0 Å². The Balaban J connectivity index is 2.02. The molecule has 1 atom stereocenters. The third-order valence-corrected chi connectivity index (χ3v) is 3.28. The van der Waals surface area contributed by atoms with E-state index in [1.807, 2.05) is 19.1 Å². The van der Waals surface area contributed by atoms with Crippen LogP contribution in [-0.4, -0.2) is 24.1 Å². The van der Waals surface area contributed by atoms with Crippen LogP contribution >= 0.6 is 15.9 Å². The second kappa shape index (κ2) is 5.60. The van der Waals surface area contributed by atoms with Crippen LogP contribution in [0.2, 0.25) is 0 Å². The highest BCUT2D eigenvalue weighted by molar-refractivity contribution is 9.10. The minimum atomic E-state index is -0.0354. The maximum Gasteiger partial charge on any atom is 0.229 e. The molecule has 0 bridgehead atoms. The summed E-state index contributed by atoms with van der Waals surface area (Å²) in [5.74, 6) is -0.0104. The van der Waals surface area contributed by atoms with Gasteiger partial charge in [-0.15, -0.1) is 0 Å². The summed E-state index contributed by atoms with van der Waals surface area (Å²) in [6.07, 6.45) is 1.85. The van der Waals surface area contributed by atoms with E-state index in [4.69, 9.17) is 4.74 Å². The van der Waals surface area contributed by atoms with Gasteiger partial charge in [0.25, 0.3) is 0 Å². The third kappa shape index (κ3) is 3.26. The predicted octanol–water partition coefficient (Wildman–Crippen LogP) is 2.52. The van der Waals surface area contributed by atoms with Crippen LogP contribution in [0.4, 0.5) is 5.69 Å². The molecule has 1 N–H and O–H groups in total. The number of aromatic nitrogens is 1. The lowest BCUT2D eigenvalue weighted by Gasteiger charge is -2.21. The first-order valence-electron chi connectivity index (χ1n) is 5.68. The van der Waals surface area contributed by atoms with Gasteiger partial charge < -0.3 is 10.1 Å². The molecule has 1 saturated heterocycles. The van der Waals surface area contributed by atoms with Gasteiger partial charge in [0.15, 0.2) is 0 Å². The highest BCUT2D eigenvalue weighted by Crippen LogP contribution is 2.19. The first-order valence-corrected chi connectivity index (χ1v) is 6.48. The van der Waals surface area contributed by atoms with Crippen LogP contribution in [0.15, 0.2) is 16.7 Å². The molecule has 1 aromatic heterocycles. The molecule has 1 unspecified atom stereocenters. The van der Waals surface area contributed by atoms with Gasteiger partial charge >= 0.3 is 0 Å². The van der Waals surface area contributed by atoms with Gasteiger partial charge in [-0.2, -0.15) is 0 Å². The summed E-state index contributed by atoms with van der Waals surface area (Å²) in [6.45, 7) is 3.16. The predicted molar refractivity (Wildman–Crippen MR) is 68.8 cm³/mol. The lowest BCUT2D eigenvalue weighted by atomic mass is 10.0. The summed E-state index contributed by atoms with van der Waals surface area (Å²) in [7, 11) is 0. The van der Waals surface area contributed by atoms with E-state index in [1.54, 1.807) is 0 Å². The Hall–Kier alpha value is -0.940. The highest BCUT2D eigenvalue weighted by Gasteiger charge is 2.22. The van der Waals surface area contributed by atoms with Gasteiger partial charge in [-0.1, -0.05) is 0 Å².